The summed E-state index contributed by atoms with van der Waals surface area (Å²) in [6, 6.07) is 2.18. The van der Waals surface area contributed by atoms with Crippen LogP contribution in [0.2, 0.25) is 0 Å². The molecule has 2 aromatic rings. The van der Waals surface area contributed by atoms with E-state index in [0.717, 1.165) is 25.9 Å². The van der Waals surface area contributed by atoms with Crippen molar-refractivity contribution in [1.29, 1.82) is 0 Å². The van der Waals surface area contributed by atoms with Crippen LogP contribution < -0.4 is 4.74 Å². The van der Waals surface area contributed by atoms with Crippen LogP contribution in [-0.2, 0) is 4.74 Å². The minimum absolute atomic E-state index is 0.0843. The Bertz CT molecular complexity index is 737. The predicted octanol–water partition coefficient (Wildman–Crippen LogP) is 1.36. The molecule has 0 N–H and O–H groups in total. The van der Waals surface area contributed by atoms with Crippen molar-refractivity contribution in [2.45, 2.75) is 24.9 Å². The number of hydrogen-bond acceptors (Lipinski definition) is 7. The fourth-order valence-electron chi connectivity index (χ4n) is 3.64. The summed E-state index contributed by atoms with van der Waals surface area (Å²) < 4.78 is 11.6. The number of rotatable bonds is 5. The van der Waals surface area contributed by atoms with Gasteiger partial charge in [-0.15, -0.1) is 0 Å². The van der Waals surface area contributed by atoms with Gasteiger partial charge in [0, 0.05) is 31.4 Å². The Morgan fingerprint density at radius 1 is 1.23 bits per heavy atom. The molecule has 1 atom stereocenters. The second-order valence-corrected chi connectivity index (χ2v) is 6.81. The highest BCUT2D eigenvalue weighted by Gasteiger charge is 2.49. The monoisotopic (exact) mass is 355 g/mol. The van der Waals surface area contributed by atoms with Gasteiger partial charge in [-0.3, -0.25) is 9.78 Å². The first kappa shape index (κ1) is 16.8. The molecule has 0 aliphatic carbocycles. The number of amides is 1. The molecule has 136 valence electrons. The van der Waals surface area contributed by atoms with E-state index in [0.29, 0.717) is 37.3 Å². The minimum atomic E-state index is -0.218. The van der Waals surface area contributed by atoms with Crippen LogP contribution in [0.3, 0.4) is 0 Å². The molecular formula is C18H21N5O3. The summed E-state index contributed by atoms with van der Waals surface area (Å²) in [5.41, 5.74) is 0.162. The van der Waals surface area contributed by atoms with Gasteiger partial charge in [-0.2, -0.15) is 0 Å². The van der Waals surface area contributed by atoms with Crippen molar-refractivity contribution in [2.24, 2.45) is 5.92 Å². The first-order valence-electron chi connectivity index (χ1n) is 8.83. The SMILES string of the molecule is O=C(c1cnccn1)N1CC2(CC(CCOc3ncccn3)CCO2)C1. The van der Waals surface area contributed by atoms with Crippen molar-refractivity contribution in [3.05, 3.63) is 42.7 Å². The first-order chi connectivity index (χ1) is 12.7. The summed E-state index contributed by atoms with van der Waals surface area (Å²) in [6.45, 7) is 2.54. The zero-order valence-electron chi connectivity index (χ0n) is 14.5. The summed E-state index contributed by atoms with van der Waals surface area (Å²) in [6.07, 6.45) is 10.8. The number of carbonyl (C=O) groups excluding carboxylic acids is 1. The van der Waals surface area contributed by atoms with Crippen LogP contribution in [0.5, 0.6) is 6.01 Å². The average molecular weight is 355 g/mol. The van der Waals surface area contributed by atoms with E-state index >= 15 is 0 Å². The standard InChI is InChI=1S/C18H21N5O3/c24-16(15-11-19-6-7-20-15)23-12-18(13-23)10-14(3-9-26-18)2-8-25-17-21-4-1-5-22-17/h1,4-7,11,14H,2-3,8-10,12-13H2. The molecule has 0 radical (unpaired) electrons. The Kier molecular flexibility index (Phi) is 4.75. The third kappa shape index (κ3) is 3.65. The molecular weight excluding hydrogens is 334 g/mol. The molecule has 4 heterocycles. The van der Waals surface area contributed by atoms with E-state index in [1.165, 1.54) is 12.4 Å². The summed E-state index contributed by atoms with van der Waals surface area (Å²) >= 11 is 0. The molecule has 2 aromatic heterocycles. The lowest BCUT2D eigenvalue weighted by atomic mass is 9.79. The van der Waals surface area contributed by atoms with Crippen LogP contribution in [0.1, 0.15) is 29.8 Å². The number of aromatic nitrogens is 4. The molecule has 2 saturated heterocycles. The second kappa shape index (κ2) is 7.33. The minimum Gasteiger partial charge on any atom is -0.463 e. The lowest BCUT2D eigenvalue weighted by Crippen LogP contribution is -2.66. The van der Waals surface area contributed by atoms with Crippen molar-refractivity contribution < 1.29 is 14.3 Å². The van der Waals surface area contributed by atoms with Crippen LogP contribution in [-0.4, -0.2) is 62.6 Å². The Balaban J connectivity index is 1.26. The molecule has 26 heavy (non-hydrogen) atoms. The van der Waals surface area contributed by atoms with Gasteiger partial charge >= 0.3 is 6.01 Å². The number of nitrogens with zero attached hydrogens (tertiary/aromatic N) is 5. The highest BCUT2D eigenvalue weighted by atomic mass is 16.5. The summed E-state index contributed by atoms with van der Waals surface area (Å²) in [5.74, 6) is 0.431. The molecule has 4 rings (SSSR count). The van der Waals surface area contributed by atoms with Gasteiger partial charge in [0.2, 0.25) is 0 Å². The van der Waals surface area contributed by atoms with E-state index in [2.05, 4.69) is 19.9 Å². The van der Waals surface area contributed by atoms with E-state index < -0.39 is 0 Å². The van der Waals surface area contributed by atoms with Crippen molar-refractivity contribution in [2.75, 3.05) is 26.3 Å². The van der Waals surface area contributed by atoms with Crippen molar-refractivity contribution in [3.63, 3.8) is 0 Å². The van der Waals surface area contributed by atoms with Crippen LogP contribution >= 0.6 is 0 Å². The van der Waals surface area contributed by atoms with Crippen molar-refractivity contribution in [1.82, 2.24) is 24.8 Å². The Labute approximate surface area is 151 Å². The maximum Gasteiger partial charge on any atom is 0.316 e. The molecule has 0 bridgehead atoms. The first-order valence-corrected chi connectivity index (χ1v) is 8.83. The van der Waals surface area contributed by atoms with E-state index in [4.69, 9.17) is 9.47 Å². The van der Waals surface area contributed by atoms with Crippen LogP contribution in [0.25, 0.3) is 0 Å². The molecule has 2 fully saturated rings. The second-order valence-electron chi connectivity index (χ2n) is 6.81. The van der Waals surface area contributed by atoms with Gasteiger partial charge in [-0.25, -0.2) is 15.0 Å². The van der Waals surface area contributed by atoms with Gasteiger partial charge in [0.1, 0.15) is 11.3 Å². The number of carbonyl (C=O) groups is 1. The predicted molar refractivity (Wildman–Crippen MR) is 91.5 cm³/mol. The number of likely N-dealkylation sites (tertiary alicyclic amines) is 1. The fourth-order valence-corrected chi connectivity index (χ4v) is 3.64. The molecule has 1 amide bonds. The van der Waals surface area contributed by atoms with E-state index in [1.807, 2.05) is 0 Å². The van der Waals surface area contributed by atoms with Crippen LogP contribution in [0.4, 0.5) is 0 Å². The molecule has 0 aromatic carbocycles. The largest absolute Gasteiger partial charge is 0.463 e. The Morgan fingerprint density at radius 2 is 2.08 bits per heavy atom. The maximum atomic E-state index is 12.4. The van der Waals surface area contributed by atoms with Gasteiger partial charge < -0.3 is 14.4 Å². The average Bonchev–Trinajstić information content (AvgIpc) is 2.67. The van der Waals surface area contributed by atoms with Gasteiger partial charge in [0.15, 0.2) is 0 Å². The lowest BCUT2D eigenvalue weighted by Gasteiger charge is -2.53. The molecule has 2 aliphatic rings. The molecule has 2 aliphatic heterocycles. The Hall–Kier alpha value is -2.61. The van der Waals surface area contributed by atoms with E-state index in [9.17, 15) is 4.79 Å². The molecule has 1 unspecified atom stereocenters. The van der Waals surface area contributed by atoms with Crippen molar-refractivity contribution >= 4 is 5.91 Å². The topological polar surface area (TPSA) is 90.3 Å². The summed E-state index contributed by atoms with van der Waals surface area (Å²) in [4.78, 5) is 30.3. The van der Waals surface area contributed by atoms with Gasteiger partial charge in [0.05, 0.1) is 25.9 Å². The van der Waals surface area contributed by atoms with E-state index in [-0.39, 0.29) is 11.5 Å². The highest BCUT2D eigenvalue weighted by molar-refractivity contribution is 5.92. The summed E-state index contributed by atoms with van der Waals surface area (Å²) in [5, 5.41) is 0. The molecule has 8 heteroatoms. The Morgan fingerprint density at radius 3 is 2.85 bits per heavy atom. The third-order valence-corrected chi connectivity index (χ3v) is 4.92. The zero-order chi connectivity index (χ0) is 17.8. The maximum absolute atomic E-state index is 12.4. The fraction of sp³-hybridized carbons (Fsp3) is 0.500. The normalized spacial score (nSPS) is 21.2. The zero-order valence-corrected chi connectivity index (χ0v) is 14.5. The van der Waals surface area contributed by atoms with E-state index in [1.54, 1.807) is 29.6 Å². The lowest BCUT2D eigenvalue weighted by molar-refractivity contribution is -0.167. The highest BCUT2D eigenvalue weighted by Crippen LogP contribution is 2.38. The number of hydrogen-bond donors (Lipinski definition) is 0. The van der Waals surface area contributed by atoms with Gasteiger partial charge in [0.25, 0.3) is 5.91 Å². The van der Waals surface area contributed by atoms with Gasteiger partial charge in [-0.05, 0) is 31.2 Å². The van der Waals surface area contributed by atoms with Crippen LogP contribution in [0, 0.1) is 5.92 Å². The quantitative estimate of drug-likeness (QED) is 0.800. The third-order valence-electron chi connectivity index (χ3n) is 4.92. The molecule has 0 saturated carbocycles. The molecule has 8 nitrogen and oxygen atoms in total. The van der Waals surface area contributed by atoms with Crippen LogP contribution in [0.15, 0.2) is 37.1 Å². The van der Waals surface area contributed by atoms with Crippen molar-refractivity contribution in [3.8, 4) is 6.01 Å². The molecule has 1 spiro atoms. The van der Waals surface area contributed by atoms with Gasteiger partial charge in [-0.1, -0.05) is 0 Å². The smallest absolute Gasteiger partial charge is 0.316 e. The number of ether oxygens (including phenoxy) is 2. The summed E-state index contributed by atoms with van der Waals surface area (Å²) in [7, 11) is 0.